The lowest BCUT2D eigenvalue weighted by molar-refractivity contribution is -0.148. The molecule has 3 N–H and O–H groups in total. The number of amides is 2. The normalized spacial score (nSPS) is 18.9. The molecule has 1 unspecified atom stereocenters. The van der Waals surface area contributed by atoms with Gasteiger partial charge in [0.15, 0.2) is 0 Å². The maximum atomic E-state index is 11.4. The van der Waals surface area contributed by atoms with Gasteiger partial charge in [0.1, 0.15) is 5.54 Å². The van der Waals surface area contributed by atoms with Crippen molar-refractivity contribution < 1.29 is 18.9 Å². The van der Waals surface area contributed by atoms with Crippen molar-refractivity contribution in [1.82, 2.24) is 10.6 Å². The van der Waals surface area contributed by atoms with E-state index in [0.717, 1.165) is 6.42 Å². The summed E-state index contributed by atoms with van der Waals surface area (Å²) in [6, 6.07) is -0.464. The molecule has 0 heterocycles. The Morgan fingerprint density at radius 1 is 1.41 bits per heavy atom. The monoisotopic (exact) mass is 262 g/mol. The molecule has 0 aromatic rings. The van der Waals surface area contributed by atoms with E-state index in [2.05, 4.69) is 10.6 Å². The van der Waals surface area contributed by atoms with Gasteiger partial charge in [-0.2, -0.15) is 0 Å². The maximum Gasteiger partial charge on any atom is 0.329 e. The third-order valence-electron chi connectivity index (χ3n) is 2.86. The molecule has 0 aromatic carbocycles. The predicted octanol–water partition coefficient (Wildman–Crippen LogP) is 0.0615. The first kappa shape index (κ1) is 14.0. The summed E-state index contributed by atoms with van der Waals surface area (Å²) in [5.41, 5.74) is -1.07. The smallest absolute Gasteiger partial charge is 0.329 e. The highest BCUT2D eigenvalue weighted by atomic mass is 32.2. The van der Waals surface area contributed by atoms with Crippen molar-refractivity contribution in [2.24, 2.45) is 0 Å². The molecule has 1 fully saturated rings. The van der Waals surface area contributed by atoms with Crippen LogP contribution in [0.3, 0.4) is 0 Å². The lowest BCUT2D eigenvalue weighted by Crippen LogP contribution is -2.61. The quantitative estimate of drug-likeness (QED) is 0.590. The van der Waals surface area contributed by atoms with Crippen molar-refractivity contribution in [3.8, 4) is 0 Å². The van der Waals surface area contributed by atoms with Crippen molar-refractivity contribution in [1.29, 1.82) is 0 Å². The Morgan fingerprint density at radius 3 is 2.47 bits per heavy atom. The van der Waals surface area contributed by atoms with Gasteiger partial charge in [0, 0.05) is 29.4 Å². The summed E-state index contributed by atoms with van der Waals surface area (Å²) >= 11 is 0. The van der Waals surface area contributed by atoms with Crippen LogP contribution >= 0.6 is 0 Å². The molecular formula is C10H18N2O4S. The van der Waals surface area contributed by atoms with Crippen molar-refractivity contribution >= 4 is 22.8 Å². The Balaban J connectivity index is 2.25. The maximum absolute atomic E-state index is 11.4. The van der Waals surface area contributed by atoms with E-state index >= 15 is 0 Å². The van der Waals surface area contributed by atoms with Crippen LogP contribution in [0.25, 0.3) is 0 Å². The summed E-state index contributed by atoms with van der Waals surface area (Å²) in [5, 5.41) is 14.1. The molecule has 1 aliphatic carbocycles. The zero-order valence-electron chi connectivity index (χ0n) is 9.82. The number of aliphatic carboxylic acids is 1. The molecule has 17 heavy (non-hydrogen) atoms. The SMILES string of the molecule is CS(=O)CCCNC(=O)NC1(C(=O)O)CCC1. The first-order valence-corrected chi connectivity index (χ1v) is 7.28. The Morgan fingerprint density at radius 2 is 2.06 bits per heavy atom. The van der Waals surface area contributed by atoms with Crippen LogP contribution < -0.4 is 10.6 Å². The van der Waals surface area contributed by atoms with E-state index in [0.29, 0.717) is 31.6 Å². The molecule has 0 saturated heterocycles. The van der Waals surface area contributed by atoms with Gasteiger partial charge < -0.3 is 15.7 Å². The van der Waals surface area contributed by atoms with Crippen LogP contribution in [0.5, 0.6) is 0 Å². The van der Waals surface area contributed by atoms with Gasteiger partial charge in [-0.25, -0.2) is 9.59 Å². The molecule has 0 aliphatic heterocycles. The van der Waals surface area contributed by atoms with E-state index in [1.54, 1.807) is 6.26 Å². The summed E-state index contributed by atoms with van der Waals surface area (Å²) in [4.78, 5) is 22.4. The van der Waals surface area contributed by atoms with Gasteiger partial charge in [-0.3, -0.25) is 4.21 Å². The van der Waals surface area contributed by atoms with Crippen LogP contribution in [0, 0.1) is 0 Å². The van der Waals surface area contributed by atoms with Gasteiger partial charge in [-0.15, -0.1) is 0 Å². The molecule has 1 atom stereocenters. The summed E-state index contributed by atoms with van der Waals surface area (Å²) in [6.07, 6.45) is 4.01. The zero-order valence-corrected chi connectivity index (χ0v) is 10.6. The molecule has 2 amide bonds. The topological polar surface area (TPSA) is 95.5 Å². The van der Waals surface area contributed by atoms with Crippen LogP contribution in [0.15, 0.2) is 0 Å². The summed E-state index contributed by atoms with van der Waals surface area (Å²) in [6.45, 7) is 0.404. The molecule has 1 rings (SSSR count). The van der Waals surface area contributed by atoms with Gasteiger partial charge in [-0.05, 0) is 25.7 Å². The molecular weight excluding hydrogens is 244 g/mol. The van der Waals surface area contributed by atoms with E-state index in [1.165, 1.54) is 0 Å². The number of urea groups is 1. The highest BCUT2D eigenvalue weighted by Gasteiger charge is 2.45. The van der Waals surface area contributed by atoms with Crippen LogP contribution in [0.2, 0.25) is 0 Å². The van der Waals surface area contributed by atoms with Crippen LogP contribution in [-0.2, 0) is 15.6 Å². The second-order valence-electron chi connectivity index (χ2n) is 4.25. The standard InChI is InChI=1S/C10H18N2O4S/c1-17(16)7-3-6-11-9(15)12-10(8(13)14)4-2-5-10/h2-7H2,1H3,(H,13,14)(H2,11,12,15). The second-order valence-corrected chi connectivity index (χ2v) is 5.81. The fourth-order valence-corrected chi connectivity index (χ4v) is 2.21. The fraction of sp³-hybridized carbons (Fsp3) is 0.800. The number of nitrogens with one attached hydrogen (secondary N) is 2. The van der Waals surface area contributed by atoms with E-state index in [1.807, 2.05) is 0 Å². The highest BCUT2D eigenvalue weighted by Crippen LogP contribution is 2.31. The van der Waals surface area contributed by atoms with E-state index in [-0.39, 0.29) is 0 Å². The van der Waals surface area contributed by atoms with Gasteiger partial charge in [0.05, 0.1) is 0 Å². The minimum atomic E-state index is -1.07. The molecule has 1 saturated carbocycles. The lowest BCUT2D eigenvalue weighted by Gasteiger charge is -2.38. The van der Waals surface area contributed by atoms with Gasteiger partial charge in [-0.1, -0.05) is 0 Å². The Kier molecular flexibility index (Phi) is 4.92. The van der Waals surface area contributed by atoms with E-state index in [4.69, 9.17) is 5.11 Å². The van der Waals surface area contributed by atoms with E-state index < -0.39 is 28.3 Å². The number of carbonyl (C=O) groups is 2. The summed E-state index contributed by atoms with van der Waals surface area (Å²) in [7, 11) is -0.863. The number of carbonyl (C=O) groups excluding carboxylic acids is 1. The number of carboxylic acids is 1. The van der Waals surface area contributed by atoms with Gasteiger partial charge in [0.25, 0.3) is 0 Å². The average molecular weight is 262 g/mol. The zero-order chi connectivity index (χ0) is 12.9. The minimum absolute atomic E-state index is 0.404. The third kappa shape index (κ3) is 3.99. The number of hydrogen-bond acceptors (Lipinski definition) is 3. The molecule has 6 nitrogen and oxygen atoms in total. The molecule has 98 valence electrons. The predicted molar refractivity (Wildman–Crippen MR) is 64.3 cm³/mol. The van der Waals surface area contributed by atoms with Crippen molar-refractivity contribution in [2.45, 2.75) is 31.2 Å². The molecule has 0 radical (unpaired) electrons. The largest absolute Gasteiger partial charge is 0.480 e. The Labute approximate surface area is 103 Å². The molecule has 0 spiro atoms. The average Bonchev–Trinajstić information content (AvgIpc) is 2.17. The van der Waals surface area contributed by atoms with E-state index in [9.17, 15) is 13.8 Å². The molecule has 1 aliphatic rings. The Hall–Kier alpha value is -1.11. The second kappa shape index (κ2) is 6.00. The van der Waals surface area contributed by atoms with Crippen molar-refractivity contribution in [2.75, 3.05) is 18.6 Å². The van der Waals surface area contributed by atoms with Gasteiger partial charge in [0.2, 0.25) is 0 Å². The summed E-state index contributed by atoms with van der Waals surface area (Å²) in [5.74, 6) is -0.446. The van der Waals surface area contributed by atoms with Crippen LogP contribution in [0.4, 0.5) is 4.79 Å². The van der Waals surface area contributed by atoms with Crippen LogP contribution in [0.1, 0.15) is 25.7 Å². The first-order valence-electron chi connectivity index (χ1n) is 5.56. The molecule has 0 aromatic heterocycles. The number of carboxylic acid groups (broad SMARTS) is 1. The minimum Gasteiger partial charge on any atom is -0.480 e. The van der Waals surface area contributed by atoms with Crippen molar-refractivity contribution in [3.05, 3.63) is 0 Å². The van der Waals surface area contributed by atoms with Crippen LogP contribution in [-0.4, -0.2) is 45.4 Å². The fourth-order valence-electron chi connectivity index (χ4n) is 1.66. The molecule has 0 bridgehead atoms. The summed E-state index contributed by atoms with van der Waals surface area (Å²) < 4.78 is 10.8. The Bertz CT molecular complexity index is 328. The number of rotatable bonds is 6. The molecule has 7 heteroatoms. The first-order chi connectivity index (χ1) is 7.96. The van der Waals surface area contributed by atoms with Crippen molar-refractivity contribution in [3.63, 3.8) is 0 Å². The lowest BCUT2D eigenvalue weighted by atomic mass is 9.77. The van der Waals surface area contributed by atoms with Gasteiger partial charge >= 0.3 is 12.0 Å². The number of hydrogen-bond donors (Lipinski definition) is 3. The highest BCUT2D eigenvalue weighted by molar-refractivity contribution is 7.84. The third-order valence-corrected chi connectivity index (χ3v) is 3.73.